The number of aryl methyl sites for hydroxylation is 1. The number of alkyl halides is 1. The molecular weight excluding hydrogens is 604 g/mol. The number of fused-ring (bicyclic) bond motifs is 5. The minimum absolute atomic E-state index is 0.0302. The molecule has 1 amide bonds. The third-order valence-electron chi connectivity index (χ3n) is 7.50. The Kier molecular flexibility index (Phi) is 5.44. The van der Waals surface area contributed by atoms with Gasteiger partial charge in [-0.1, -0.05) is 41.1 Å². The standard InChI is InChI=1S/C25H20ClFIN3O5/c1-2-25(35)13-5-17-22-11(8-31(17)23(33)12(13)9-36-24(25)34)20-15(29-18(32)7-28)4-3-10-19(20)16(30-22)6-14(27)21(10)26/h5-6,15,35H,2-4,7-9H2,1H3,(H,29,32)/t15-,25-/m0/s1. The number of halogens is 3. The van der Waals surface area contributed by atoms with Gasteiger partial charge in [0, 0.05) is 22.6 Å². The predicted octanol–water partition coefficient (Wildman–Crippen LogP) is 3.41. The van der Waals surface area contributed by atoms with Crippen LogP contribution in [0, 0.1) is 5.82 Å². The van der Waals surface area contributed by atoms with Crippen molar-refractivity contribution in [2.24, 2.45) is 0 Å². The van der Waals surface area contributed by atoms with Crippen LogP contribution in [0.3, 0.4) is 0 Å². The van der Waals surface area contributed by atoms with Gasteiger partial charge in [-0.25, -0.2) is 14.2 Å². The molecule has 0 saturated heterocycles. The predicted molar refractivity (Wildman–Crippen MR) is 138 cm³/mol. The van der Waals surface area contributed by atoms with Crippen LogP contribution < -0.4 is 10.9 Å². The lowest BCUT2D eigenvalue weighted by Crippen LogP contribution is -2.44. The molecular formula is C25H20ClFIN3O5. The van der Waals surface area contributed by atoms with Crippen molar-refractivity contribution in [2.45, 2.75) is 51.0 Å². The van der Waals surface area contributed by atoms with Gasteiger partial charge in [0.05, 0.1) is 44.5 Å². The summed E-state index contributed by atoms with van der Waals surface area (Å²) in [5.41, 5.74) is 1.50. The van der Waals surface area contributed by atoms with E-state index in [0.29, 0.717) is 40.7 Å². The first-order valence-electron chi connectivity index (χ1n) is 11.5. The summed E-state index contributed by atoms with van der Waals surface area (Å²) in [5.74, 6) is -1.52. The number of nitrogens with zero attached hydrogens (tertiary/aromatic N) is 2. The molecule has 1 aliphatic carbocycles. The highest BCUT2D eigenvalue weighted by atomic mass is 127. The molecule has 0 radical (unpaired) electrons. The van der Waals surface area contributed by atoms with Gasteiger partial charge in [0.25, 0.3) is 5.56 Å². The maximum atomic E-state index is 14.8. The highest BCUT2D eigenvalue weighted by molar-refractivity contribution is 14.1. The quantitative estimate of drug-likeness (QED) is 0.206. The number of hydrogen-bond acceptors (Lipinski definition) is 6. The molecule has 6 rings (SSSR count). The van der Waals surface area contributed by atoms with E-state index in [1.165, 1.54) is 10.6 Å². The van der Waals surface area contributed by atoms with Gasteiger partial charge in [-0.15, -0.1) is 0 Å². The molecule has 3 aliphatic rings. The number of benzene rings is 1. The van der Waals surface area contributed by atoms with Crippen LogP contribution in [0.5, 0.6) is 0 Å². The number of carbonyl (C=O) groups excluding carboxylic acids is 2. The SMILES string of the molecule is CC[C@@]1(O)C(=O)OCc2c1cc1n(c2=O)Cc2c-1nc1cc(F)c(Cl)c3c1c2[C@@H](NC(=O)CI)CC3. The van der Waals surface area contributed by atoms with Crippen LogP contribution in [-0.4, -0.2) is 31.0 Å². The lowest BCUT2D eigenvalue weighted by molar-refractivity contribution is -0.172. The van der Waals surface area contributed by atoms with Crippen LogP contribution in [0.4, 0.5) is 4.39 Å². The number of aromatic nitrogens is 2. The van der Waals surface area contributed by atoms with E-state index in [1.807, 2.05) is 22.6 Å². The van der Waals surface area contributed by atoms with Crippen molar-refractivity contribution in [2.75, 3.05) is 4.43 Å². The topological polar surface area (TPSA) is 111 Å². The van der Waals surface area contributed by atoms with Gasteiger partial charge in [-0.2, -0.15) is 0 Å². The van der Waals surface area contributed by atoms with Crippen molar-refractivity contribution in [3.63, 3.8) is 0 Å². The largest absolute Gasteiger partial charge is 0.458 e. The maximum Gasteiger partial charge on any atom is 0.343 e. The van der Waals surface area contributed by atoms with Crippen LogP contribution in [0.25, 0.3) is 22.3 Å². The maximum absolute atomic E-state index is 14.8. The molecule has 0 saturated carbocycles. The average molecular weight is 624 g/mol. The summed E-state index contributed by atoms with van der Waals surface area (Å²) >= 11 is 8.34. The minimum atomic E-state index is -1.94. The summed E-state index contributed by atoms with van der Waals surface area (Å²) in [6.45, 7) is 1.59. The normalized spacial score (nSPS) is 21.6. The van der Waals surface area contributed by atoms with Crippen molar-refractivity contribution in [1.29, 1.82) is 0 Å². The van der Waals surface area contributed by atoms with Crippen LogP contribution >= 0.6 is 34.2 Å². The zero-order valence-electron chi connectivity index (χ0n) is 19.1. The zero-order chi connectivity index (χ0) is 25.5. The first-order chi connectivity index (χ1) is 17.2. The van der Waals surface area contributed by atoms with Gasteiger partial charge in [-0.3, -0.25) is 9.59 Å². The molecule has 0 spiro atoms. The summed E-state index contributed by atoms with van der Waals surface area (Å²) in [5, 5.41) is 14.9. The lowest BCUT2D eigenvalue weighted by Gasteiger charge is -2.31. The number of nitrogens with one attached hydrogen (secondary N) is 1. The summed E-state index contributed by atoms with van der Waals surface area (Å²) in [6.07, 6.45) is 1.02. The van der Waals surface area contributed by atoms with Crippen molar-refractivity contribution >= 4 is 57.0 Å². The van der Waals surface area contributed by atoms with Gasteiger partial charge in [0.15, 0.2) is 5.60 Å². The van der Waals surface area contributed by atoms with Crippen molar-refractivity contribution in [3.8, 4) is 11.4 Å². The van der Waals surface area contributed by atoms with Gasteiger partial charge in [0.1, 0.15) is 12.4 Å². The Morgan fingerprint density at radius 1 is 1.36 bits per heavy atom. The zero-order valence-corrected chi connectivity index (χ0v) is 22.0. The van der Waals surface area contributed by atoms with E-state index >= 15 is 0 Å². The van der Waals surface area contributed by atoms with E-state index in [2.05, 4.69) is 5.32 Å². The Morgan fingerprint density at radius 2 is 2.14 bits per heavy atom. The summed E-state index contributed by atoms with van der Waals surface area (Å²) in [7, 11) is 0. The fourth-order valence-corrected chi connectivity index (χ4v) is 6.20. The first-order valence-corrected chi connectivity index (χ1v) is 13.5. The van der Waals surface area contributed by atoms with E-state index in [4.69, 9.17) is 21.3 Å². The Morgan fingerprint density at radius 3 is 2.86 bits per heavy atom. The Balaban J connectivity index is 1.66. The number of rotatable bonds is 3. The highest BCUT2D eigenvalue weighted by Crippen LogP contribution is 2.46. The number of esters is 1. The third-order valence-corrected chi connectivity index (χ3v) is 8.60. The summed E-state index contributed by atoms with van der Waals surface area (Å²) < 4.78 is 21.7. The van der Waals surface area contributed by atoms with Gasteiger partial charge in [-0.05, 0) is 36.5 Å². The second kappa shape index (κ2) is 8.22. The molecule has 3 aromatic rings. The first kappa shape index (κ1) is 23.8. The number of ether oxygens (including phenoxy) is 1. The molecule has 4 heterocycles. The Labute approximate surface area is 222 Å². The highest BCUT2D eigenvalue weighted by Gasteiger charge is 2.46. The Bertz CT molecular complexity index is 1590. The van der Waals surface area contributed by atoms with Crippen LogP contribution in [0.15, 0.2) is 16.9 Å². The number of amides is 1. The van der Waals surface area contributed by atoms with Crippen molar-refractivity contribution in [1.82, 2.24) is 14.9 Å². The number of pyridine rings is 2. The number of carbonyl (C=O) groups is 2. The molecule has 0 unspecified atom stereocenters. The monoisotopic (exact) mass is 623 g/mol. The van der Waals surface area contributed by atoms with Crippen LogP contribution in [0.2, 0.25) is 5.02 Å². The molecule has 1 aromatic carbocycles. The molecule has 2 atom stereocenters. The smallest absolute Gasteiger partial charge is 0.343 e. The van der Waals surface area contributed by atoms with Crippen LogP contribution in [0.1, 0.15) is 53.6 Å². The van der Waals surface area contributed by atoms with Gasteiger partial charge >= 0.3 is 5.97 Å². The molecule has 186 valence electrons. The lowest BCUT2D eigenvalue weighted by atomic mass is 9.83. The minimum Gasteiger partial charge on any atom is -0.458 e. The molecule has 0 fully saturated rings. The number of hydrogen-bond donors (Lipinski definition) is 2. The van der Waals surface area contributed by atoms with Crippen molar-refractivity contribution in [3.05, 3.63) is 61.1 Å². The molecule has 2 aromatic heterocycles. The fourth-order valence-electron chi connectivity index (χ4n) is 5.73. The second-order valence-corrected chi connectivity index (χ2v) is 10.4. The number of cyclic esters (lactones) is 1. The van der Waals surface area contributed by atoms with E-state index in [1.54, 1.807) is 13.0 Å². The fraction of sp³-hybridized carbons (Fsp3) is 0.360. The summed E-state index contributed by atoms with van der Waals surface area (Å²) in [4.78, 5) is 43.1. The van der Waals surface area contributed by atoms with E-state index in [-0.39, 0.29) is 57.7 Å². The molecule has 8 nitrogen and oxygen atoms in total. The Hall–Kier alpha value is -2.57. The van der Waals surface area contributed by atoms with E-state index in [9.17, 15) is 23.9 Å². The molecule has 0 bridgehead atoms. The van der Waals surface area contributed by atoms with Gasteiger partial charge < -0.3 is 19.7 Å². The molecule has 2 N–H and O–H groups in total. The third kappa shape index (κ3) is 3.13. The molecule has 2 aliphatic heterocycles. The molecule has 11 heteroatoms. The van der Waals surface area contributed by atoms with Gasteiger partial charge in [0.2, 0.25) is 5.91 Å². The average Bonchev–Trinajstić information content (AvgIpc) is 3.24. The van der Waals surface area contributed by atoms with Crippen molar-refractivity contribution < 1.29 is 23.8 Å². The van der Waals surface area contributed by atoms with E-state index < -0.39 is 17.4 Å². The summed E-state index contributed by atoms with van der Waals surface area (Å²) in [6, 6.07) is 2.52. The van der Waals surface area contributed by atoms with E-state index in [0.717, 1.165) is 11.1 Å². The van der Waals surface area contributed by atoms with Crippen LogP contribution in [-0.2, 0) is 39.5 Å². The second-order valence-electron chi connectivity index (χ2n) is 9.29. The number of aliphatic hydroxyl groups is 1. The molecule has 36 heavy (non-hydrogen) atoms.